The fourth-order valence-electron chi connectivity index (χ4n) is 6.60. The number of rotatable bonds is 7. The zero-order valence-electron chi connectivity index (χ0n) is 19.5. The molecule has 168 valence electrons. The molecule has 6 atom stereocenters. The van der Waals surface area contributed by atoms with Gasteiger partial charge in [0.2, 0.25) is 6.29 Å². The van der Waals surface area contributed by atoms with Gasteiger partial charge in [-0.1, -0.05) is 51.3 Å². The summed E-state index contributed by atoms with van der Waals surface area (Å²) < 4.78 is 4.82. The highest BCUT2D eigenvalue weighted by molar-refractivity contribution is 5.85. The van der Waals surface area contributed by atoms with E-state index in [1.54, 1.807) is 5.57 Å². The highest BCUT2D eigenvalue weighted by atomic mass is 16.6. The Morgan fingerprint density at radius 3 is 2.63 bits per heavy atom. The molecule has 3 rings (SSSR count). The number of fused-ring (bicyclic) bond motifs is 1. The van der Waals surface area contributed by atoms with Gasteiger partial charge >= 0.3 is 5.97 Å². The molecule has 3 aliphatic rings. The van der Waals surface area contributed by atoms with Gasteiger partial charge in [-0.2, -0.15) is 0 Å². The molecule has 30 heavy (non-hydrogen) atoms. The number of aliphatic hydroxyl groups is 2. The molecule has 4 nitrogen and oxygen atoms in total. The number of hydrogen-bond acceptors (Lipinski definition) is 4. The third kappa shape index (κ3) is 3.93. The summed E-state index contributed by atoms with van der Waals surface area (Å²) in [6.45, 7) is 15.6. The Morgan fingerprint density at radius 2 is 2.03 bits per heavy atom. The normalized spacial score (nSPS) is 39.6. The van der Waals surface area contributed by atoms with Gasteiger partial charge in [0, 0.05) is 11.6 Å². The van der Waals surface area contributed by atoms with Crippen LogP contribution in [-0.2, 0) is 9.53 Å². The summed E-state index contributed by atoms with van der Waals surface area (Å²) in [6.07, 6.45) is 9.97. The van der Waals surface area contributed by atoms with Gasteiger partial charge in [0.05, 0.1) is 6.10 Å². The molecule has 0 unspecified atom stereocenters. The monoisotopic (exact) mass is 416 g/mol. The average molecular weight is 417 g/mol. The van der Waals surface area contributed by atoms with E-state index >= 15 is 0 Å². The zero-order valence-corrected chi connectivity index (χ0v) is 19.5. The van der Waals surface area contributed by atoms with E-state index in [0.717, 1.165) is 25.7 Å². The fourth-order valence-corrected chi connectivity index (χ4v) is 6.60. The quantitative estimate of drug-likeness (QED) is 0.427. The molecule has 0 aromatic carbocycles. The van der Waals surface area contributed by atoms with Gasteiger partial charge in [-0.25, -0.2) is 4.79 Å². The molecule has 0 aromatic heterocycles. The van der Waals surface area contributed by atoms with Crippen LogP contribution in [0.4, 0.5) is 0 Å². The SMILES string of the molecule is C=C(C)CCC[C@@]1(C)CCC[C@]2(C)C1=CC[C@@H](C)[C@@]2(C)C[C@@H](O)C1=CC(=O)O[C@H]1O. The molecular formula is C26H40O4. The minimum absolute atomic E-state index is 0.0170. The standard InChI is InChI=1S/C26H40O4/c1-17(2)9-7-12-24(4)13-8-14-25(5)21(24)11-10-18(3)26(25,6)16-20(27)19-15-22(28)30-23(19)29/h11,15,18,20,23,27,29H,1,7-10,12-14,16H2,2-6H3/t18-,20-,23-,24+,25-,26-/m1/s1. The lowest BCUT2D eigenvalue weighted by molar-refractivity contribution is -0.152. The smallest absolute Gasteiger partial charge is 0.333 e. The molecule has 0 spiro atoms. The highest BCUT2D eigenvalue weighted by Gasteiger charge is 2.57. The maximum atomic E-state index is 11.5. The first-order valence-corrected chi connectivity index (χ1v) is 11.6. The van der Waals surface area contributed by atoms with Crippen molar-refractivity contribution in [1.82, 2.24) is 0 Å². The molecule has 2 aliphatic carbocycles. The number of carbonyl (C=O) groups is 1. The summed E-state index contributed by atoms with van der Waals surface area (Å²) in [5.74, 6) is -0.178. The molecule has 0 saturated heterocycles. The second kappa shape index (κ2) is 8.27. The predicted octanol–water partition coefficient (Wildman–Crippen LogP) is 5.45. The van der Waals surface area contributed by atoms with Crippen molar-refractivity contribution < 1.29 is 19.7 Å². The van der Waals surface area contributed by atoms with Crippen LogP contribution in [0.25, 0.3) is 0 Å². The molecule has 1 heterocycles. The minimum Gasteiger partial charge on any atom is -0.429 e. The minimum atomic E-state index is -1.32. The van der Waals surface area contributed by atoms with Crippen molar-refractivity contribution in [2.75, 3.05) is 0 Å². The Balaban J connectivity index is 1.89. The van der Waals surface area contributed by atoms with E-state index in [4.69, 9.17) is 4.74 Å². The van der Waals surface area contributed by atoms with E-state index in [1.807, 2.05) is 0 Å². The fraction of sp³-hybridized carbons (Fsp3) is 0.731. The van der Waals surface area contributed by atoms with Crippen molar-refractivity contribution in [3.05, 3.63) is 35.5 Å². The molecular weight excluding hydrogens is 376 g/mol. The topological polar surface area (TPSA) is 66.8 Å². The molecule has 1 aliphatic heterocycles. The summed E-state index contributed by atoms with van der Waals surface area (Å²) in [7, 11) is 0. The van der Waals surface area contributed by atoms with Crippen molar-refractivity contribution in [2.24, 2.45) is 22.2 Å². The first-order chi connectivity index (χ1) is 13.9. The van der Waals surface area contributed by atoms with Gasteiger partial charge in [0.25, 0.3) is 0 Å². The van der Waals surface area contributed by atoms with E-state index in [0.29, 0.717) is 17.9 Å². The van der Waals surface area contributed by atoms with Crippen LogP contribution >= 0.6 is 0 Å². The molecule has 4 heteroatoms. The van der Waals surface area contributed by atoms with Crippen LogP contribution in [0, 0.1) is 22.2 Å². The third-order valence-corrected chi connectivity index (χ3v) is 8.81. The lowest BCUT2D eigenvalue weighted by Crippen LogP contribution is -2.53. The van der Waals surface area contributed by atoms with Crippen molar-refractivity contribution in [2.45, 2.75) is 98.4 Å². The number of ether oxygens (including phenoxy) is 1. The van der Waals surface area contributed by atoms with Crippen LogP contribution in [0.3, 0.4) is 0 Å². The molecule has 0 bridgehead atoms. The third-order valence-electron chi connectivity index (χ3n) is 8.81. The van der Waals surface area contributed by atoms with Crippen LogP contribution in [0.1, 0.15) is 86.0 Å². The van der Waals surface area contributed by atoms with Crippen LogP contribution in [0.2, 0.25) is 0 Å². The molecule has 1 fully saturated rings. The van der Waals surface area contributed by atoms with Crippen LogP contribution in [0.15, 0.2) is 35.5 Å². The number of hydrogen-bond donors (Lipinski definition) is 2. The molecule has 0 radical (unpaired) electrons. The number of aliphatic hydroxyl groups excluding tert-OH is 2. The lowest BCUT2D eigenvalue weighted by Gasteiger charge is -2.61. The van der Waals surface area contributed by atoms with Crippen LogP contribution in [-0.4, -0.2) is 28.6 Å². The Morgan fingerprint density at radius 1 is 1.33 bits per heavy atom. The average Bonchev–Trinajstić information content (AvgIpc) is 2.97. The Labute approximate surface area is 182 Å². The molecule has 0 amide bonds. The second-order valence-electron chi connectivity index (χ2n) is 10.9. The molecule has 1 saturated carbocycles. The maximum absolute atomic E-state index is 11.5. The van der Waals surface area contributed by atoms with Gasteiger partial charge in [-0.3, -0.25) is 0 Å². The number of cyclic esters (lactones) is 1. The molecule has 2 N–H and O–H groups in total. The number of allylic oxidation sites excluding steroid dienone is 3. The summed E-state index contributed by atoms with van der Waals surface area (Å²) >= 11 is 0. The number of esters is 1. The Bertz CT molecular complexity index is 765. The van der Waals surface area contributed by atoms with E-state index in [2.05, 4.69) is 47.3 Å². The highest BCUT2D eigenvalue weighted by Crippen LogP contribution is 2.66. The Hall–Kier alpha value is -1.39. The number of carbonyl (C=O) groups excluding carboxylic acids is 1. The van der Waals surface area contributed by atoms with Crippen LogP contribution < -0.4 is 0 Å². The molecule has 0 aromatic rings. The second-order valence-corrected chi connectivity index (χ2v) is 10.9. The van der Waals surface area contributed by atoms with E-state index in [1.165, 1.54) is 30.9 Å². The van der Waals surface area contributed by atoms with Gasteiger partial charge in [0.15, 0.2) is 0 Å². The first-order valence-electron chi connectivity index (χ1n) is 11.6. The van der Waals surface area contributed by atoms with Gasteiger partial charge in [-0.05, 0) is 74.0 Å². The summed E-state index contributed by atoms with van der Waals surface area (Å²) in [6, 6.07) is 0. The van der Waals surface area contributed by atoms with E-state index < -0.39 is 18.4 Å². The zero-order chi connectivity index (χ0) is 22.3. The van der Waals surface area contributed by atoms with Gasteiger partial charge in [0.1, 0.15) is 0 Å². The largest absolute Gasteiger partial charge is 0.429 e. The van der Waals surface area contributed by atoms with Crippen molar-refractivity contribution >= 4 is 5.97 Å². The van der Waals surface area contributed by atoms with Crippen molar-refractivity contribution in [3.8, 4) is 0 Å². The summed E-state index contributed by atoms with van der Waals surface area (Å²) in [5.41, 5.74) is 3.13. The summed E-state index contributed by atoms with van der Waals surface area (Å²) in [4.78, 5) is 11.5. The van der Waals surface area contributed by atoms with Crippen molar-refractivity contribution in [1.29, 1.82) is 0 Å². The maximum Gasteiger partial charge on any atom is 0.333 e. The van der Waals surface area contributed by atoms with Gasteiger partial charge < -0.3 is 14.9 Å². The van der Waals surface area contributed by atoms with E-state index in [-0.39, 0.29) is 16.2 Å². The lowest BCUT2D eigenvalue weighted by atomic mass is 9.43. The van der Waals surface area contributed by atoms with Crippen LogP contribution in [0.5, 0.6) is 0 Å². The predicted molar refractivity (Wildman–Crippen MR) is 120 cm³/mol. The summed E-state index contributed by atoms with van der Waals surface area (Å²) in [5, 5.41) is 21.1. The van der Waals surface area contributed by atoms with E-state index in [9.17, 15) is 15.0 Å². The van der Waals surface area contributed by atoms with Crippen molar-refractivity contribution in [3.63, 3.8) is 0 Å². The Kier molecular flexibility index (Phi) is 6.42. The first kappa shape index (κ1) is 23.3. The van der Waals surface area contributed by atoms with Gasteiger partial charge in [-0.15, -0.1) is 6.58 Å².